The first-order valence-corrected chi connectivity index (χ1v) is 5.36. The topological polar surface area (TPSA) is 62.9 Å². The van der Waals surface area contributed by atoms with Gasteiger partial charge in [-0.3, -0.25) is 0 Å². The molecular formula is C11H16ClNO4. The van der Waals surface area contributed by atoms with Gasteiger partial charge in [0.05, 0.1) is 33.0 Å². The fourth-order valence-corrected chi connectivity index (χ4v) is 1.86. The Bertz CT molecular complexity index is 384. The van der Waals surface area contributed by atoms with Gasteiger partial charge >= 0.3 is 0 Å². The number of methoxy groups -OCH3 is 3. The van der Waals surface area contributed by atoms with Crippen molar-refractivity contribution < 1.29 is 19.0 Å². The molecule has 0 heterocycles. The fraction of sp³-hybridized carbons (Fsp3) is 0.455. The molecule has 1 aromatic carbocycles. The molecule has 0 saturated carbocycles. The first-order chi connectivity index (χ1) is 8.19. The van der Waals surface area contributed by atoms with E-state index in [-0.39, 0.29) is 0 Å². The normalized spacial score (nSPS) is 10.2. The van der Waals surface area contributed by atoms with E-state index in [1.807, 2.05) is 0 Å². The van der Waals surface area contributed by atoms with Gasteiger partial charge in [0, 0.05) is 18.1 Å². The number of hydrogen-bond donors (Lipinski definition) is 1. The van der Waals surface area contributed by atoms with Gasteiger partial charge in [0.2, 0.25) is 5.75 Å². The summed E-state index contributed by atoms with van der Waals surface area (Å²) in [6.45, 7) is 0.339. The van der Waals surface area contributed by atoms with Gasteiger partial charge in [-0.25, -0.2) is 5.90 Å². The Kier molecular flexibility index (Phi) is 5.34. The number of hydrogen-bond acceptors (Lipinski definition) is 5. The first kappa shape index (κ1) is 13.9. The molecule has 6 heteroatoms. The van der Waals surface area contributed by atoms with E-state index < -0.39 is 0 Å². The third-order valence-electron chi connectivity index (χ3n) is 2.35. The predicted octanol–water partition coefficient (Wildman–Crippen LogP) is 1.80. The maximum Gasteiger partial charge on any atom is 0.203 e. The van der Waals surface area contributed by atoms with E-state index in [0.29, 0.717) is 35.3 Å². The van der Waals surface area contributed by atoms with Crippen LogP contribution in [0.1, 0.15) is 5.56 Å². The highest BCUT2D eigenvalue weighted by Gasteiger charge is 2.19. The molecular weight excluding hydrogens is 246 g/mol. The predicted molar refractivity (Wildman–Crippen MR) is 65.0 cm³/mol. The highest BCUT2D eigenvalue weighted by atomic mass is 35.5. The molecule has 96 valence electrons. The van der Waals surface area contributed by atoms with Crippen LogP contribution in [-0.2, 0) is 11.3 Å². The second-order valence-electron chi connectivity index (χ2n) is 3.23. The molecule has 5 nitrogen and oxygen atoms in total. The molecule has 1 rings (SSSR count). The molecule has 1 aromatic rings. The van der Waals surface area contributed by atoms with Gasteiger partial charge in [-0.2, -0.15) is 0 Å². The van der Waals surface area contributed by atoms with E-state index in [0.717, 1.165) is 5.56 Å². The van der Waals surface area contributed by atoms with Gasteiger partial charge < -0.3 is 19.0 Å². The molecule has 0 atom stereocenters. The van der Waals surface area contributed by atoms with Crippen LogP contribution in [0.4, 0.5) is 0 Å². The van der Waals surface area contributed by atoms with Crippen LogP contribution in [0.5, 0.6) is 17.2 Å². The molecule has 17 heavy (non-hydrogen) atoms. The van der Waals surface area contributed by atoms with E-state index >= 15 is 0 Å². The average molecular weight is 262 g/mol. The number of rotatable bonds is 6. The van der Waals surface area contributed by atoms with Gasteiger partial charge in [0.25, 0.3) is 0 Å². The number of halogens is 1. The van der Waals surface area contributed by atoms with E-state index in [4.69, 9.17) is 31.7 Å². The quantitative estimate of drug-likeness (QED) is 0.791. The molecule has 0 amide bonds. The van der Waals surface area contributed by atoms with Crippen molar-refractivity contribution in [2.45, 2.75) is 6.42 Å². The minimum Gasteiger partial charge on any atom is -0.493 e. The second-order valence-corrected chi connectivity index (χ2v) is 3.63. The Labute approximate surface area is 105 Å². The molecule has 0 unspecified atom stereocenters. The van der Waals surface area contributed by atoms with Gasteiger partial charge in [0.15, 0.2) is 11.5 Å². The summed E-state index contributed by atoms with van der Waals surface area (Å²) in [7, 11) is 4.62. The summed E-state index contributed by atoms with van der Waals surface area (Å²) < 4.78 is 15.7. The monoisotopic (exact) mass is 261 g/mol. The summed E-state index contributed by atoms with van der Waals surface area (Å²) in [5.74, 6) is 6.57. The summed E-state index contributed by atoms with van der Waals surface area (Å²) in [6.07, 6.45) is 0.527. The van der Waals surface area contributed by atoms with Gasteiger partial charge in [-0.1, -0.05) is 11.6 Å². The molecule has 0 spiro atoms. The van der Waals surface area contributed by atoms with E-state index in [1.165, 1.54) is 14.2 Å². The lowest BCUT2D eigenvalue weighted by atomic mass is 10.1. The lowest BCUT2D eigenvalue weighted by Crippen LogP contribution is -2.06. The van der Waals surface area contributed by atoms with Gasteiger partial charge in [0.1, 0.15) is 0 Å². The minimum atomic E-state index is 0.339. The molecule has 0 aliphatic rings. The zero-order valence-corrected chi connectivity index (χ0v) is 10.8. The number of ether oxygens (including phenoxy) is 3. The highest BCUT2D eigenvalue weighted by Crippen LogP contribution is 2.43. The molecule has 0 aromatic heterocycles. The van der Waals surface area contributed by atoms with Gasteiger partial charge in [-0.05, 0) is 0 Å². The van der Waals surface area contributed by atoms with Crippen molar-refractivity contribution in [3.63, 3.8) is 0 Å². The second kappa shape index (κ2) is 6.54. The van der Waals surface area contributed by atoms with Crippen LogP contribution >= 0.6 is 11.6 Å². The molecule has 0 radical (unpaired) electrons. The fourth-order valence-electron chi connectivity index (χ4n) is 1.58. The lowest BCUT2D eigenvalue weighted by Gasteiger charge is -2.17. The summed E-state index contributed by atoms with van der Waals surface area (Å²) in [6, 6.07) is 1.68. The maximum atomic E-state index is 6.14. The SMILES string of the molecule is COc1cc(Cl)c(CCON)c(OC)c1OC. The van der Waals surface area contributed by atoms with E-state index in [1.54, 1.807) is 13.2 Å². The van der Waals surface area contributed by atoms with Crippen molar-refractivity contribution in [2.75, 3.05) is 27.9 Å². The summed E-state index contributed by atoms with van der Waals surface area (Å²) in [4.78, 5) is 4.54. The lowest BCUT2D eigenvalue weighted by molar-refractivity contribution is 0.140. The van der Waals surface area contributed by atoms with Crippen molar-refractivity contribution in [2.24, 2.45) is 5.90 Å². The first-order valence-electron chi connectivity index (χ1n) is 4.98. The Balaban J connectivity index is 3.27. The van der Waals surface area contributed by atoms with Crippen molar-refractivity contribution in [1.82, 2.24) is 0 Å². The van der Waals surface area contributed by atoms with E-state index in [9.17, 15) is 0 Å². The van der Waals surface area contributed by atoms with Crippen LogP contribution < -0.4 is 20.1 Å². The molecule has 0 saturated heterocycles. The Morgan fingerprint density at radius 3 is 2.24 bits per heavy atom. The van der Waals surface area contributed by atoms with Crippen LogP contribution in [0.25, 0.3) is 0 Å². The van der Waals surface area contributed by atoms with Crippen LogP contribution in [-0.4, -0.2) is 27.9 Å². The highest BCUT2D eigenvalue weighted by molar-refractivity contribution is 6.31. The molecule has 0 aliphatic carbocycles. The van der Waals surface area contributed by atoms with Crippen molar-refractivity contribution >= 4 is 11.6 Å². The summed E-state index contributed by atoms with van der Waals surface area (Å²) >= 11 is 6.14. The van der Waals surface area contributed by atoms with Crippen molar-refractivity contribution in [3.8, 4) is 17.2 Å². The zero-order chi connectivity index (χ0) is 12.8. The third-order valence-corrected chi connectivity index (χ3v) is 2.69. The molecule has 2 N–H and O–H groups in total. The maximum absolute atomic E-state index is 6.14. The molecule has 0 fully saturated rings. The third kappa shape index (κ3) is 2.94. The van der Waals surface area contributed by atoms with Crippen LogP contribution in [0, 0.1) is 0 Å². The zero-order valence-electron chi connectivity index (χ0n) is 10.1. The summed E-state index contributed by atoms with van der Waals surface area (Å²) in [5.41, 5.74) is 0.775. The van der Waals surface area contributed by atoms with Crippen LogP contribution in [0.2, 0.25) is 5.02 Å². The Morgan fingerprint density at radius 1 is 1.12 bits per heavy atom. The Morgan fingerprint density at radius 2 is 1.76 bits per heavy atom. The molecule has 0 aliphatic heterocycles. The standard InChI is InChI=1S/C11H16ClNO4/c1-14-9-6-8(12)7(4-5-17-13)10(15-2)11(9)16-3/h6H,4-5,13H2,1-3H3. The van der Waals surface area contributed by atoms with E-state index in [2.05, 4.69) is 4.84 Å². The smallest absolute Gasteiger partial charge is 0.203 e. The van der Waals surface area contributed by atoms with Gasteiger partial charge in [-0.15, -0.1) is 0 Å². The average Bonchev–Trinajstić information content (AvgIpc) is 2.35. The van der Waals surface area contributed by atoms with Crippen LogP contribution in [0.3, 0.4) is 0 Å². The summed E-state index contributed by atoms with van der Waals surface area (Å²) in [5, 5.41) is 0.525. The Hall–Kier alpha value is -1.17. The molecule has 0 bridgehead atoms. The van der Waals surface area contributed by atoms with Crippen LogP contribution in [0.15, 0.2) is 6.07 Å². The van der Waals surface area contributed by atoms with Crippen molar-refractivity contribution in [3.05, 3.63) is 16.7 Å². The largest absolute Gasteiger partial charge is 0.493 e. The number of benzene rings is 1. The minimum absolute atomic E-state index is 0.339. The van der Waals surface area contributed by atoms with Crippen molar-refractivity contribution in [1.29, 1.82) is 0 Å². The number of nitrogens with two attached hydrogens (primary N) is 1.